The highest BCUT2D eigenvalue weighted by Crippen LogP contribution is 2.14. The van der Waals surface area contributed by atoms with E-state index in [0.717, 1.165) is 24.2 Å². The number of hydrogen-bond donors (Lipinski definition) is 2. The number of carbonyl (C=O) groups is 1. The van der Waals surface area contributed by atoms with Crippen molar-refractivity contribution in [2.75, 3.05) is 17.2 Å². The minimum absolute atomic E-state index is 0.247. The summed E-state index contributed by atoms with van der Waals surface area (Å²) < 4.78 is 0. The highest BCUT2D eigenvalue weighted by atomic mass is 16.1. The van der Waals surface area contributed by atoms with E-state index in [2.05, 4.69) is 32.7 Å². The van der Waals surface area contributed by atoms with Gasteiger partial charge in [0.15, 0.2) is 0 Å². The molecule has 2 aromatic carbocycles. The second-order valence-corrected chi connectivity index (χ2v) is 5.72. The zero-order valence-corrected chi connectivity index (χ0v) is 14.1. The smallest absolute Gasteiger partial charge is 0.274 e. The highest BCUT2D eigenvalue weighted by molar-refractivity contribution is 6.03. The van der Waals surface area contributed by atoms with Gasteiger partial charge in [-0.05, 0) is 30.5 Å². The average Bonchev–Trinajstić information content (AvgIpc) is 2.65. The van der Waals surface area contributed by atoms with Crippen molar-refractivity contribution >= 4 is 17.4 Å². The van der Waals surface area contributed by atoms with Crippen molar-refractivity contribution in [2.24, 2.45) is 0 Å². The van der Waals surface area contributed by atoms with Crippen molar-refractivity contribution in [3.8, 4) is 0 Å². The van der Waals surface area contributed by atoms with Gasteiger partial charge in [0.25, 0.3) is 5.91 Å². The summed E-state index contributed by atoms with van der Waals surface area (Å²) in [5.74, 6) is 0.392. The minimum atomic E-state index is -0.247. The van der Waals surface area contributed by atoms with E-state index in [4.69, 9.17) is 0 Å². The van der Waals surface area contributed by atoms with Crippen LogP contribution in [0.15, 0.2) is 67.0 Å². The number of anilines is 2. The first kappa shape index (κ1) is 16.6. The van der Waals surface area contributed by atoms with Crippen molar-refractivity contribution in [3.05, 3.63) is 83.8 Å². The molecule has 5 nitrogen and oxygen atoms in total. The first-order chi connectivity index (χ1) is 12.2. The predicted molar refractivity (Wildman–Crippen MR) is 99.8 cm³/mol. The number of benzene rings is 2. The summed E-state index contributed by atoms with van der Waals surface area (Å²) in [4.78, 5) is 20.6. The lowest BCUT2D eigenvalue weighted by Gasteiger charge is -2.09. The van der Waals surface area contributed by atoms with E-state index < -0.39 is 0 Å². The molecule has 126 valence electrons. The zero-order chi connectivity index (χ0) is 17.5. The van der Waals surface area contributed by atoms with Gasteiger partial charge in [0, 0.05) is 18.3 Å². The summed E-state index contributed by atoms with van der Waals surface area (Å²) in [6.45, 7) is 2.69. The predicted octanol–water partition coefficient (Wildman–Crippen LogP) is 3.69. The van der Waals surface area contributed by atoms with E-state index in [-0.39, 0.29) is 5.91 Å². The van der Waals surface area contributed by atoms with Crippen LogP contribution in [0.25, 0.3) is 0 Å². The van der Waals surface area contributed by atoms with E-state index in [0.29, 0.717) is 11.5 Å². The molecule has 0 radical (unpaired) electrons. The molecular weight excluding hydrogens is 312 g/mol. The number of aryl methyl sites for hydroxylation is 1. The number of carbonyl (C=O) groups excluding carboxylic acids is 1. The Labute approximate surface area is 147 Å². The molecule has 0 fully saturated rings. The lowest BCUT2D eigenvalue weighted by molar-refractivity contribution is 0.102. The molecule has 0 bridgehead atoms. The molecule has 5 heteroatoms. The van der Waals surface area contributed by atoms with Crippen LogP contribution in [0, 0.1) is 6.92 Å². The van der Waals surface area contributed by atoms with Gasteiger partial charge >= 0.3 is 0 Å². The lowest BCUT2D eigenvalue weighted by atomic mass is 10.1. The Balaban J connectivity index is 1.61. The third-order valence-corrected chi connectivity index (χ3v) is 3.86. The maximum atomic E-state index is 12.4. The molecule has 0 aliphatic rings. The first-order valence-corrected chi connectivity index (χ1v) is 8.19. The standard InChI is InChI=1S/C20H20N4O/c1-15-7-5-6-10-17(15)24-20(25)18-13-19(23-14-22-18)21-12-11-16-8-3-2-4-9-16/h2-10,13-14H,11-12H2,1H3,(H,24,25)(H,21,22,23). The lowest BCUT2D eigenvalue weighted by Crippen LogP contribution is -2.15. The van der Waals surface area contributed by atoms with Gasteiger partial charge in [-0.25, -0.2) is 9.97 Å². The molecule has 0 aliphatic heterocycles. The van der Waals surface area contributed by atoms with Crippen LogP contribution in [0.5, 0.6) is 0 Å². The Bertz CT molecular complexity index is 849. The van der Waals surface area contributed by atoms with Gasteiger partial charge in [-0.15, -0.1) is 0 Å². The Kier molecular flexibility index (Phi) is 5.36. The van der Waals surface area contributed by atoms with Crippen molar-refractivity contribution in [1.82, 2.24) is 9.97 Å². The molecule has 0 atom stereocenters. The molecular formula is C20H20N4O. The van der Waals surface area contributed by atoms with Gasteiger partial charge < -0.3 is 10.6 Å². The summed E-state index contributed by atoms with van der Waals surface area (Å²) in [7, 11) is 0. The fourth-order valence-corrected chi connectivity index (χ4v) is 2.46. The molecule has 0 aliphatic carbocycles. The molecule has 0 unspecified atom stereocenters. The zero-order valence-electron chi connectivity index (χ0n) is 14.1. The number of rotatable bonds is 6. The average molecular weight is 332 g/mol. The molecule has 0 spiro atoms. The van der Waals surface area contributed by atoms with E-state index in [9.17, 15) is 4.79 Å². The number of para-hydroxylation sites is 1. The number of hydrogen-bond acceptors (Lipinski definition) is 4. The van der Waals surface area contributed by atoms with Gasteiger partial charge in [0.05, 0.1) is 0 Å². The van der Waals surface area contributed by atoms with Gasteiger partial charge in [0.2, 0.25) is 0 Å². The van der Waals surface area contributed by atoms with Crippen molar-refractivity contribution in [2.45, 2.75) is 13.3 Å². The molecule has 3 aromatic rings. The second kappa shape index (κ2) is 8.06. The molecule has 0 saturated carbocycles. The molecule has 3 rings (SSSR count). The largest absolute Gasteiger partial charge is 0.370 e. The summed E-state index contributed by atoms with van der Waals surface area (Å²) in [5.41, 5.74) is 3.37. The first-order valence-electron chi connectivity index (χ1n) is 8.19. The van der Waals surface area contributed by atoms with Crippen molar-refractivity contribution in [3.63, 3.8) is 0 Å². The van der Waals surface area contributed by atoms with Gasteiger partial charge in [-0.3, -0.25) is 4.79 Å². The monoisotopic (exact) mass is 332 g/mol. The topological polar surface area (TPSA) is 66.9 Å². The van der Waals surface area contributed by atoms with Crippen LogP contribution in [0.2, 0.25) is 0 Å². The fourth-order valence-electron chi connectivity index (χ4n) is 2.46. The molecule has 0 saturated heterocycles. The fraction of sp³-hybridized carbons (Fsp3) is 0.150. The number of amides is 1. The number of aromatic nitrogens is 2. The Hall–Kier alpha value is -3.21. The molecule has 1 heterocycles. The van der Waals surface area contributed by atoms with E-state index in [1.165, 1.54) is 11.9 Å². The van der Waals surface area contributed by atoms with Gasteiger partial charge in [-0.1, -0.05) is 48.5 Å². The normalized spacial score (nSPS) is 10.3. The van der Waals surface area contributed by atoms with Crippen LogP contribution in [-0.2, 0) is 6.42 Å². The minimum Gasteiger partial charge on any atom is -0.370 e. The van der Waals surface area contributed by atoms with Gasteiger partial charge in [0.1, 0.15) is 17.8 Å². The van der Waals surface area contributed by atoms with Crippen molar-refractivity contribution < 1.29 is 4.79 Å². The van der Waals surface area contributed by atoms with Crippen LogP contribution >= 0.6 is 0 Å². The molecule has 25 heavy (non-hydrogen) atoms. The summed E-state index contributed by atoms with van der Waals surface area (Å²) >= 11 is 0. The van der Waals surface area contributed by atoms with Crippen LogP contribution in [0.3, 0.4) is 0 Å². The number of nitrogens with one attached hydrogen (secondary N) is 2. The highest BCUT2D eigenvalue weighted by Gasteiger charge is 2.10. The van der Waals surface area contributed by atoms with Gasteiger partial charge in [-0.2, -0.15) is 0 Å². The van der Waals surface area contributed by atoms with E-state index in [1.54, 1.807) is 6.07 Å². The molecule has 2 N–H and O–H groups in total. The van der Waals surface area contributed by atoms with Crippen LogP contribution in [0.4, 0.5) is 11.5 Å². The number of nitrogens with zero attached hydrogens (tertiary/aromatic N) is 2. The van der Waals surface area contributed by atoms with Crippen LogP contribution < -0.4 is 10.6 Å². The van der Waals surface area contributed by atoms with Crippen LogP contribution in [-0.4, -0.2) is 22.4 Å². The Morgan fingerprint density at radius 3 is 2.56 bits per heavy atom. The third-order valence-electron chi connectivity index (χ3n) is 3.86. The van der Waals surface area contributed by atoms with E-state index in [1.807, 2.05) is 49.4 Å². The van der Waals surface area contributed by atoms with E-state index >= 15 is 0 Å². The molecule has 1 aromatic heterocycles. The second-order valence-electron chi connectivity index (χ2n) is 5.72. The van der Waals surface area contributed by atoms with Crippen molar-refractivity contribution in [1.29, 1.82) is 0 Å². The quantitative estimate of drug-likeness (QED) is 0.722. The SMILES string of the molecule is Cc1ccccc1NC(=O)c1cc(NCCc2ccccc2)ncn1. The third kappa shape index (κ3) is 4.64. The van der Waals surface area contributed by atoms with Crippen LogP contribution in [0.1, 0.15) is 21.6 Å². The summed E-state index contributed by atoms with van der Waals surface area (Å²) in [6, 6.07) is 19.5. The molecule has 1 amide bonds. The maximum Gasteiger partial charge on any atom is 0.274 e. The summed E-state index contributed by atoms with van der Waals surface area (Å²) in [5, 5.41) is 6.11. The Morgan fingerprint density at radius 2 is 1.76 bits per heavy atom. The maximum absolute atomic E-state index is 12.4. The summed E-state index contributed by atoms with van der Waals surface area (Å²) in [6.07, 6.45) is 2.28. The Morgan fingerprint density at radius 1 is 1.00 bits per heavy atom.